The zero-order valence-corrected chi connectivity index (χ0v) is 14.5. The summed E-state index contributed by atoms with van der Waals surface area (Å²) in [6.45, 7) is 5.34. The molecule has 128 valence electrons. The van der Waals surface area contributed by atoms with E-state index in [1.54, 1.807) is 7.11 Å². The van der Waals surface area contributed by atoms with E-state index < -0.39 is 0 Å². The molecular weight excluding hydrogens is 288 g/mol. The summed E-state index contributed by atoms with van der Waals surface area (Å²) in [5, 5.41) is 3.08. The lowest BCUT2D eigenvalue weighted by Crippen LogP contribution is -2.40. The van der Waals surface area contributed by atoms with Crippen LogP contribution in [0.3, 0.4) is 0 Å². The van der Waals surface area contributed by atoms with Crippen LogP contribution in [-0.4, -0.2) is 43.6 Å². The van der Waals surface area contributed by atoms with Crippen LogP contribution in [0.15, 0.2) is 24.3 Å². The fourth-order valence-electron chi connectivity index (χ4n) is 3.07. The molecule has 1 aliphatic rings. The normalized spacial score (nSPS) is 16.3. The minimum Gasteiger partial charge on any atom is -0.497 e. The zero-order valence-electron chi connectivity index (χ0n) is 14.5. The van der Waals surface area contributed by atoms with Gasteiger partial charge in [-0.05, 0) is 69.8 Å². The van der Waals surface area contributed by atoms with Crippen molar-refractivity contribution >= 4 is 5.91 Å². The Hall–Kier alpha value is -1.55. The lowest BCUT2D eigenvalue weighted by Gasteiger charge is -2.23. The van der Waals surface area contributed by atoms with Crippen molar-refractivity contribution in [3.05, 3.63) is 29.8 Å². The minimum absolute atomic E-state index is 0.186. The first-order chi connectivity index (χ1) is 11.2. The van der Waals surface area contributed by atoms with Crippen molar-refractivity contribution in [2.75, 3.05) is 26.7 Å². The van der Waals surface area contributed by atoms with Gasteiger partial charge in [-0.2, -0.15) is 0 Å². The summed E-state index contributed by atoms with van der Waals surface area (Å²) in [6.07, 6.45) is 6.22. The monoisotopic (exact) mass is 318 g/mol. The largest absolute Gasteiger partial charge is 0.497 e. The molecule has 1 amide bonds. The number of aryl methyl sites for hydroxylation is 1. The van der Waals surface area contributed by atoms with Crippen molar-refractivity contribution in [1.29, 1.82) is 0 Å². The van der Waals surface area contributed by atoms with Crippen LogP contribution in [-0.2, 0) is 11.2 Å². The Bertz CT molecular complexity index is 467. The highest BCUT2D eigenvalue weighted by atomic mass is 16.5. The van der Waals surface area contributed by atoms with Crippen molar-refractivity contribution in [3.8, 4) is 5.75 Å². The second kappa shape index (κ2) is 9.56. The van der Waals surface area contributed by atoms with Crippen molar-refractivity contribution in [3.63, 3.8) is 0 Å². The second-order valence-electron chi connectivity index (χ2n) is 6.45. The van der Waals surface area contributed by atoms with Crippen LogP contribution in [0.4, 0.5) is 0 Å². The van der Waals surface area contributed by atoms with Gasteiger partial charge in [-0.1, -0.05) is 12.1 Å². The van der Waals surface area contributed by atoms with E-state index in [4.69, 9.17) is 4.74 Å². The molecule has 1 aliphatic heterocycles. The van der Waals surface area contributed by atoms with Crippen molar-refractivity contribution in [2.45, 2.75) is 51.5 Å². The Morgan fingerprint density at radius 3 is 2.57 bits per heavy atom. The highest BCUT2D eigenvalue weighted by Crippen LogP contribution is 2.14. The SMILES string of the molecule is COc1ccc(CCCCC(=O)NCC(C)N2CCCC2)cc1. The number of rotatable bonds is 9. The number of hydrogen-bond donors (Lipinski definition) is 1. The van der Waals surface area contributed by atoms with Gasteiger partial charge in [0, 0.05) is 19.0 Å². The molecule has 1 unspecified atom stereocenters. The van der Waals surface area contributed by atoms with Crippen LogP contribution in [0.25, 0.3) is 0 Å². The van der Waals surface area contributed by atoms with E-state index >= 15 is 0 Å². The number of unbranched alkanes of at least 4 members (excludes halogenated alkanes) is 1. The third-order valence-corrected chi connectivity index (χ3v) is 4.64. The standard InChI is InChI=1S/C19H30N2O2/c1-16(21-13-5-6-14-21)15-20-19(22)8-4-3-7-17-9-11-18(23-2)12-10-17/h9-12,16H,3-8,13-15H2,1-2H3,(H,20,22). The number of benzene rings is 1. The summed E-state index contributed by atoms with van der Waals surface area (Å²) in [5.74, 6) is 1.08. The maximum atomic E-state index is 11.9. The number of hydrogen-bond acceptors (Lipinski definition) is 3. The van der Waals surface area contributed by atoms with Gasteiger partial charge in [0.15, 0.2) is 0 Å². The summed E-state index contributed by atoms with van der Waals surface area (Å²) in [6, 6.07) is 8.62. The Labute approximate surface area is 140 Å². The number of nitrogens with zero attached hydrogens (tertiary/aromatic N) is 1. The van der Waals surface area contributed by atoms with Gasteiger partial charge in [0.05, 0.1) is 7.11 Å². The molecule has 23 heavy (non-hydrogen) atoms. The van der Waals surface area contributed by atoms with Gasteiger partial charge in [-0.3, -0.25) is 9.69 Å². The van der Waals surface area contributed by atoms with E-state index in [1.165, 1.54) is 31.5 Å². The second-order valence-corrected chi connectivity index (χ2v) is 6.45. The summed E-state index contributed by atoms with van der Waals surface area (Å²) >= 11 is 0. The Morgan fingerprint density at radius 1 is 1.22 bits per heavy atom. The van der Waals surface area contributed by atoms with E-state index in [2.05, 4.69) is 29.3 Å². The molecule has 0 aromatic heterocycles. The highest BCUT2D eigenvalue weighted by molar-refractivity contribution is 5.75. The molecule has 0 bridgehead atoms. The molecule has 0 aliphatic carbocycles. The lowest BCUT2D eigenvalue weighted by atomic mass is 10.1. The van der Waals surface area contributed by atoms with E-state index in [9.17, 15) is 4.79 Å². The maximum Gasteiger partial charge on any atom is 0.220 e. The predicted octanol–water partition coefficient (Wildman–Crippen LogP) is 3.01. The zero-order chi connectivity index (χ0) is 16.5. The molecule has 0 spiro atoms. The van der Waals surface area contributed by atoms with Gasteiger partial charge >= 0.3 is 0 Å². The third kappa shape index (κ3) is 6.22. The summed E-state index contributed by atoms with van der Waals surface area (Å²) in [5.41, 5.74) is 1.30. The quantitative estimate of drug-likeness (QED) is 0.712. The number of nitrogens with one attached hydrogen (secondary N) is 1. The summed E-state index contributed by atoms with van der Waals surface area (Å²) in [4.78, 5) is 14.4. The van der Waals surface area contributed by atoms with Gasteiger partial charge in [0.25, 0.3) is 0 Å². The number of carbonyl (C=O) groups is 1. The van der Waals surface area contributed by atoms with E-state index in [0.29, 0.717) is 12.5 Å². The van der Waals surface area contributed by atoms with Crippen molar-refractivity contribution in [2.24, 2.45) is 0 Å². The molecule has 0 saturated carbocycles. The van der Waals surface area contributed by atoms with Crippen LogP contribution in [0.1, 0.15) is 44.6 Å². The molecule has 4 nitrogen and oxygen atoms in total. The number of ether oxygens (including phenoxy) is 1. The first-order valence-corrected chi connectivity index (χ1v) is 8.82. The Morgan fingerprint density at radius 2 is 1.91 bits per heavy atom. The van der Waals surface area contributed by atoms with E-state index in [1.807, 2.05) is 12.1 Å². The van der Waals surface area contributed by atoms with Gasteiger partial charge in [-0.15, -0.1) is 0 Å². The van der Waals surface area contributed by atoms with Crippen LogP contribution in [0, 0.1) is 0 Å². The molecule has 1 aromatic rings. The Balaban J connectivity index is 1.55. The number of likely N-dealkylation sites (tertiary alicyclic amines) is 1. The molecule has 1 N–H and O–H groups in total. The fourth-order valence-corrected chi connectivity index (χ4v) is 3.07. The van der Waals surface area contributed by atoms with Crippen molar-refractivity contribution in [1.82, 2.24) is 10.2 Å². The predicted molar refractivity (Wildman–Crippen MR) is 93.8 cm³/mol. The van der Waals surface area contributed by atoms with Gasteiger partial charge in [0.2, 0.25) is 5.91 Å². The Kier molecular flexibility index (Phi) is 7.40. The topological polar surface area (TPSA) is 41.6 Å². The fraction of sp³-hybridized carbons (Fsp3) is 0.632. The third-order valence-electron chi connectivity index (χ3n) is 4.64. The highest BCUT2D eigenvalue weighted by Gasteiger charge is 2.18. The summed E-state index contributed by atoms with van der Waals surface area (Å²) < 4.78 is 5.15. The first kappa shape index (κ1) is 17.8. The molecule has 1 fully saturated rings. The lowest BCUT2D eigenvalue weighted by molar-refractivity contribution is -0.121. The van der Waals surface area contributed by atoms with Crippen LogP contribution in [0.2, 0.25) is 0 Å². The van der Waals surface area contributed by atoms with E-state index in [0.717, 1.165) is 31.6 Å². The van der Waals surface area contributed by atoms with Crippen LogP contribution < -0.4 is 10.1 Å². The molecular formula is C19H30N2O2. The van der Waals surface area contributed by atoms with Crippen LogP contribution >= 0.6 is 0 Å². The minimum atomic E-state index is 0.186. The first-order valence-electron chi connectivity index (χ1n) is 8.82. The molecule has 1 atom stereocenters. The average Bonchev–Trinajstić information content (AvgIpc) is 3.12. The van der Waals surface area contributed by atoms with Crippen molar-refractivity contribution < 1.29 is 9.53 Å². The van der Waals surface area contributed by atoms with E-state index in [-0.39, 0.29) is 5.91 Å². The molecule has 1 heterocycles. The average molecular weight is 318 g/mol. The number of methoxy groups -OCH3 is 1. The smallest absolute Gasteiger partial charge is 0.220 e. The van der Waals surface area contributed by atoms with Gasteiger partial charge in [-0.25, -0.2) is 0 Å². The summed E-state index contributed by atoms with van der Waals surface area (Å²) in [7, 11) is 1.68. The molecule has 0 radical (unpaired) electrons. The number of amides is 1. The maximum absolute atomic E-state index is 11.9. The van der Waals surface area contributed by atoms with Crippen LogP contribution in [0.5, 0.6) is 5.75 Å². The van der Waals surface area contributed by atoms with Gasteiger partial charge < -0.3 is 10.1 Å². The molecule has 1 aromatic carbocycles. The molecule has 2 rings (SSSR count). The number of carbonyl (C=O) groups excluding carboxylic acids is 1. The van der Waals surface area contributed by atoms with Gasteiger partial charge in [0.1, 0.15) is 5.75 Å². The molecule has 4 heteroatoms. The molecule has 1 saturated heterocycles.